The minimum absolute atomic E-state index is 0.269. The molecule has 6 nitrogen and oxygen atoms in total. The third kappa shape index (κ3) is 2.62. The van der Waals surface area contributed by atoms with Gasteiger partial charge in [0.15, 0.2) is 0 Å². The van der Waals surface area contributed by atoms with E-state index in [2.05, 4.69) is 10.4 Å². The summed E-state index contributed by atoms with van der Waals surface area (Å²) >= 11 is 0. The van der Waals surface area contributed by atoms with Gasteiger partial charge in [0.1, 0.15) is 23.5 Å². The van der Waals surface area contributed by atoms with E-state index in [4.69, 9.17) is 10.00 Å². The average molecular weight is 270 g/mol. The van der Waals surface area contributed by atoms with Crippen molar-refractivity contribution in [3.63, 3.8) is 0 Å². The molecule has 2 aromatic rings. The van der Waals surface area contributed by atoms with Gasteiger partial charge in [-0.15, -0.1) is 0 Å². The molecule has 0 radical (unpaired) electrons. The summed E-state index contributed by atoms with van der Waals surface area (Å²) in [6, 6.07) is 8.30. The van der Waals surface area contributed by atoms with E-state index in [0.717, 1.165) is 0 Å². The van der Waals surface area contributed by atoms with Crippen molar-refractivity contribution in [2.45, 2.75) is 13.0 Å². The quantitative estimate of drug-likeness (QED) is 0.921. The third-order valence-electron chi connectivity index (χ3n) is 2.92. The van der Waals surface area contributed by atoms with Crippen LogP contribution in [0.1, 0.15) is 18.5 Å². The molecular formula is C14H14N4O2. The maximum atomic E-state index is 12.2. The van der Waals surface area contributed by atoms with E-state index in [-0.39, 0.29) is 5.91 Å². The highest BCUT2D eigenvalue weighted by molar-refractivity contribution is 5.96. The van der Waals surface area contributed by atoms with Crippen LogP contribution in [0.4, 0.5) is 5.69 Å². The lowest BCUT2D eigenvalue weighted by Gasteiger charge is -2.15. The van der Waals surface area contributed by atoms with E-state index >= 15 is 0 Å². The minimum Gasteiger partial charge on any atom is -0.495 e. The summed E-state index contributed by atoms with van der Waals surface area (Å²) in [6.07, 6.45) is 3.31. The number of aromatic nitrogens is 2. The molecule has 2 rings (SSSR count). The van der Waals surface area contributed by atoms with Gasteiger partial charge < -0.3 is 10.1 Å². The Kier molecular flexibility index (Phi) is 4.01. The van der Waals surface area contributed by atoms with E-state index in [1.165, 1.54) is 11.8 Å². The first-order valence-electron chi connectivity index (χ1n) is 6.04. The molecule has 0 bridgehead atoms. The monoisotopic (exact) mass is 270 g/mol. The Labute approximate surface area is 116 Å². The molecule has 20 heavy (non-hydrogen) atoms. The van der Waals surface area contributed by atoms with Gasteiger partial charge in [-0.1, -0.05) is 6.07 Å². The van der Waals surface area contributed by atoms with Crippen molar-refractivity contribution in [1.29, 1.82) is 5.26 Å². The van der Waals surface area contributed by atoms with Crippen LogP contribution in [0.15, 0.2) is 36.7 Å². The zero-order valence-corrected chi connectivity index (χ0v) is 11.2. The van der Waals surface area contributed by atoms with Gasteiger partial charge in [0.25, 0.3) is 0 Å². The van der Waals surface area contributed by atoms with Gasteiger partial charge >= 0.3 is 0 Å². The maximum Gasteiger partial charge on any atom is 0.249 e. The molecule has 0 aliphatic heterocycles. The highest BCUT2D eigenvalue weighted by Gasteiger charge is 2.18. The lowest BCUT2D eigenvalue weighted by Crippen LogP contribution is -2.24. The number of benzene rings is 1. The summed E-state index contributed by atoms with van der Waals surface area (Å²) in [7, 11) is 1.49. The molecule has 0 aliphatic carbocycles. The van der Waals surface area contributed by atoms with E-state index in [1.54, 1.807) is 43.6 Å². The zero-order valence-electron chi connectivity index (χ0n) is 11.2. The number of para-hydroxylation sites is 1. The van der Waals surface area contributed by atoms with Gasteiger partial charge in [-0.2, -0.15) is 10.4 Å². The van der Waals surface area contributed by atoms with Crippen LogP contribution in [-0.2, 0) is 4.79 Å². The Bertz CT molecular complexity index is 644. The second kappa shape index (κ2) is 5.89. The Morgan fingerprint density at radius 1 is 1.50 bits per heavy atom. The predicted molar refractivity (Wildman–Crippen MR) is 73.3 cm³/mol. The van der Waals surface area contributed by atoms with E-state index in [9.17, 15) is 4.79 Å². The van der Waals surface area contributed by atoms with E-state index in [0.29, 0.717) is 17.0 Å². The van der Waals surface area contributed by atoms with Crippen LogP contribution >= 0.6 is 0 Å². The fourth-order valence-corrected chi connectivity index (χ4v) is 1.78. The molecule has 0 saturated heterocycles. The normalized spacial score (nSPS) is 11.4. The largest absolute Gasteiger partial charge is 0.495 e. The fourth-order valence-electron chi connectivity index (χ4n) is 1.78. The first-order chi connectivity index (χ1) is 9.67. The van der Waals surface area contributed by atoms with Crippen LogP contribution in [0.25, 0.3) is 0 Å². The first-order valence-corrected chi connectivity index (χ1v) is 6.04. The summed E-state index contributed by atoms with van der Waals surface area (Å²) in [5.74, 6) is 0.180. The van der Waals surface area contributed by atoms with Crippen molar-refractivity contribution in [3.05, 3.63) is 42.2 Å². The highest BCUT2D eigenvalue weighted by atomic mass is 16.5. The summed E-state index contributed by atoms with van der Waals surface area (Å²) in [6.45, 7) is 1.73. The molecule has 1 N–H and O–H groups in total. The Morgan fingerprint density at radius 2 is 2.30 bits per heavy atom. The number of anilines is 1. The Balaban J connectivity index is 2.26. The molecule has 1 amide bonds. The Morgan fingerprint density at radius 3 is 2.90 bits per heavy atom. The van der Waals surface area contributed by atoms with Crippen LogP contribution in [-0.4, -0.2) is 22.8 Å². The minimum atomic E-state index is -0.485. The molecule has 1 aromatic heterocycles. The van der Waals surface area contributed by atoms with Gasteiger partial charge in [0, 0.05) is 12.4 Å². The van der Waals surface area contributed by atoms with Gasteiger partial charge in [-0.05, 0) is 25.1 Å². The maximum absolute atomic E-state index is 12.2. The molecule has 1 heterocycles. The number of rotatable bonds is 4. The third-order valence-corrected chi connectivity index (χ3v) is 2.92. The van der Waals surface area contributed by atoms with Crippen LogP contribution in [0.2, 0.25) is 0 Å². The predicted octanol–water partition coefficient (Wildman–Crippen LogP) is 1.96. The summed E-state index contributed by atoms with van der Waals surface area (Å²) < 4.78 is 6.71. The van der Waals surface area contributed by atoms with Crippen LogP contribution in [0, 0.1) is 11.3 Å². The first kappa shape index (κ1) is 13.6. The molecule has 0 fully saturated rings. The molecule has 6 heteroatoms. The number of nitriles is 1. The van der Waals surface area contributed by atoms with Crippen LogP contribution < -0.4 is 10.1 Å². The lowest BCUT2D eigenvalue weighted by molar-refractivity contribution is -0.119. The van der Waals surface area contributed by atoms with Crippen molar-refractivity contribution < 1.29 is 9.53 Å². The fraction of sp³-hybridized carbons (Fsp3) is 0.214. The molecule has 0 spiro atoms. The van der Waals surface area contributed by atoms with Crippen LogP contribution in [0.3, 0.4) is 0 Å². The number of methoxy groups -OCH3 is 1. The number of amides is 1. The summed E-state index contributed by atoms with van der Waals surface area (Å²) in [5, 5.41) is 15.8. The second-order valence-electron chi connectivity index (χ2n) is 4.15. The number of hydrogen-bond acceptors (Lipinski definition) is 4. The molecule has 102 valence electrons. The topological polar surface area (TPSA) is 79.9 Å². The van der Waals surface area contributed by atoms with E-state index < -0.39 is 6.04 Å². The van der Waals surface area contributed by atoms with Gasteiger partial charge in [0.05, 0.1) is 12.7 Å². The molecular weight excluding hydrogens is 256 g/mol. The SMILES string of the molecule is COc1cccc(C#N)c1NC(=O)C(C)n1cccn1. The zero-order chi connectivity index (χ0) is 14.5. The van der Waals surface area contributed by atoms with Gasteiger partial charge in [0.2, 0.25) is 5.91 Å². The second-order valence-corrected chi connectivity index (χ2v) is 4.15. The smallest absolute Gasteiger partial charge is 0.249 e. The molecule has 1 unspecified atom stereocenters. The van der Waals surface area contributed by atoms with Crippen molar-refractivity contribution in [2.75, 3.05) is 12.4 Å². The van der Waals surface area contributed by atoms with Crippen molar-refractivity contribution in [3.8, 4) is 11.8 Å². The average Bonchev–Trinajstić information content (AvgIpc) is 3.00. The van der Waals surface area contributed by atoms with Gasteiger partial charge in [-0.3, -0.25) is 9.48 Å². The van der Waals surface area contributed by atoms with Gasteiger partial charge in [-0.25, -0.2) is 0 Å². The molecule has 0 aliphatic rings. The van der Waals surface area contributed by atoms with Crippen molar-refractivity contribution in [1.82, 2.24) is 9.78 Å². The van der Waals surface area contributed by atoms with Crippen molar-refractivity contribution in [2.24, 2.45) is 0 Å². The number of hydrogen-bond donors (Lipinski definition) is 1. The number of carbonyl (C=O) groups is 1. The van der Waals surface area contributed by atoms with E-state index in [1.807, 2.05) is 6.07 Å². The molecule has 1 aromatic carbocycles. The number of carbonyl (C=O) groups excluding carboxylic acids is 1. The highest BCUT2D eigenvalue weighted by Crippen LogP contribution is 2.28. The lowest BCUT2D eigenvalue weighted by atomic mass is 10.1. The van der Waals surface area contributed by atoms with Crippen molar-refractivity contribution >= 4 is 11.6 Å². The standard InChI is InChI=1S/C14H14N4O2/c1-10(18-8-4-7-16-18)14(19)17-13-11(9-15)5-3-6-12(13)20-2/h3-8,10H,1-2H3,(H,17,19). The summed E-state index contributed by atoms with van der Waals surface area (Å²) in [5.41, 5.74) is 0.729. The molecule has 1 atom stereocenters. The molecule has 0 saturated carbocycles. The number of nitrogens with zero attached hydrogens (tertiary/aromatic N) is 3. The van der Waals surface area contributed by atoms with Crippen LogP contribution in [0.5, 0.6) is 5.75 Å². The Hall–Kier alpha value is -2.81. The number of ether oxygens (including phenoxy) is 1. The summed E-state index contributed by atoms with van der Waals surface area (Å²) in [4.78, 5) is 12.2. The number of nitrogens with one attached hydrogen (secondary N) is 1.